The van der Waals surface area contributed by atoms with Gasteiger partial charge in [0.2, 0.25) is 0 Å². The fraction of sp³-hybridized carbons (Fsp3) is 0.280. The largest absolute Gasteiger partial charge is 0.386 e. The minimum Gasteiger partial charge on any atom is -0.386 e. The van der Waals surface area contributed by atoms with E-state index in [1.54, 1.807) is 0 Å². The first-order chi connectivity index (χ1) is 16.0. The van der Waals surface area contributed by atoms with Crippen molar-refractivity contribution in [2.75, 3.05) is 6.61 Å². The van der Waals surface area contributed by atoms with Crippen molar-refractivity contribution >= 4 is 0 Å². The van der Waals surface area contributed by atoms with Crippen molar-refractivity contribution in [3.05, 3.63) is 105 Å². The van der Waals surface area contributed by atoms with Gasteiger partial charge in [-0.25, -0.2) is 4.79 Å². The lowest BCUT2D eigenvalue weighted by molar-refractivity contribution is -0.124. The maximum Gasteiger partial charge on any atom is 0.330 e. The summed E-state index contributed by atoms with van der Waals surface area (Å²) in [6.45, 7) is 0.364. The van der Waals surface area contributed by atoms with Crippen molar-refractivity contribution in [1.82, 2.24) is 9.55 Å². The normalized spacial score (nSPS) is 24.4. The number of ether oxygens (including phenoxy) is 3. The second-order valence-corrected chi connectivity index (χ2v) is 7.75. The maximum atomic E-state index is 12.3. The number of terminal acetylenes is 1. The molecule has 2 N–H and O–H groups in total. The Hall–Kier alpha value is -3.48. The number of nitrogens with zero attached hydrogens (tertiary/aromatic N) is 1. The van der Waals surface area contributed by atoms with Crippen molar-refractivity contribution in [1.29, 1.82) is 0 Å². The minimum absolute atomic E-state index is 0.0798. The van der Waals surface area contributed by atoms with Crippen molar-refractivity contribution in [2.45, 2.75) is 37.3 Å². The quantitative estimate of drug-likeness (QED) is 0.508. The minimum atomic E-state index is -1.47. The smallest absolute Gasteiger partial charge is 0.330 e. The third-order valence-corrected chi connectivity index (χ3v) is 5.46. The number of aromatic amines is 1. The molecule has 0 aliphatic carbocycles. The number of H-pyrrole nitrogens is 1. The molecule has 2 aromatic carbocycles. The van der Waals surface area contributed by atoms with Crippen LogP contribution in [0.4, 0.5) is 0 Å². The number of aromatic nitrogens is 2. The monoisotopic (exact) mass is 448 g/mol. The SMILES string of the molecule is C#CC1(COCc2ccccc2)OC(n2ccc(=O)[nH]c2=O)[C@H](O)[C@@H]1OCc1ccccc1. The van der Waals surface area contributed by atoms with Crippen LogP contribution in [0.25, 0.3) is 0 Å². The highest BCUT2D eigenvalue weighted by atomic mass is 16.6. The van der Waals surface area contributed by atoms with Gasteiger partial charge in [0, 0.05) is 12.3 Å². The van der Waals surface area contributed by atoms with E-state index in [1.807, 2.05) is 60.7 Å². The standard InChI is InChI=1S/C25H24N2O6/c1-2-25(17-31-15-18-9-5-3-6-10-18)22(32-16-19-11-7-4-8-12-19)21(29)23(33-25)27-14-13-20(28)26-24(27)30/h1,3-14,21-23,29H,15-17H2,(H,26,28,30)/t21-,22+,23?,25?/m1/s1. The lowest BCUT2D eigenvalue weighted by Crippen LogP contribution is -2.47. The Bertz CT molecular complexity index is 1220. The van der Waals surface area contributed by atoms with Crippen LogP contribution in [0.5, 0.6) is 0 Å². The highest BCUT2D eigenvalue weighted by Crippen LogP contribution is 2.39. The molecule has 3 aromatic rings. The van der Waals surface area contributed by atoms with Crippen molar-refractivity contribution < 1.29 is 19.3 Å². The lowest BCUT2D eigenvalue weighted by Gasteiger charge is -2.29. The maximum absolute atomic E-state index is 12.3. The molecule has 2 unspecified atom stereocenters. The number of aliphatic hydroxyl groups excluding tert-OH is 1. The first-order valence-corrected chi connectivity index (χ1v) is 10.4. The summed E-state index contributed by atoms with van der Waals surface area (Å²) in [6, 6.07) is 20.1. The zero-order chi connectivity index (χ0) is 23.3. The van der Waals surface area contributed by atoms with Crippen LogP contribution in [0.3, 0.4) is 0 Å². The molecule has 8 nitrogen and oxygen atoms in total. The van der Waals surface area contributed by atoms with Crippen LogP contribution in [-0.4, -0.2) is 39.1 Å². The zero-order valence-electron chi connectivity index (χ0n) is 17.8. The predicted molar refractivity (Wildman–Crippen MR) is 120 cm³/mol. The Balaban J connectivity index is 1.60. The van der Waals surface area contributed by atoms with Gasteiger partial charge in [0.1, 0.15) is 12.2 Å². The van der Waals surface area contributed by atoms with Crippen molar-refractivity contribution in [3.63, 3.8) is 0 Å². The van der Waals surface area contributed by atoms with Crippen LogP contribution in [0, 0.1) is 12.3 Å². The third kappa shape index (κ3) is 4.97. The number of hydrogen-bond acceptors (Lipinski definition) is 6. The van der Waals surface area contributed by atoms with E-state index in [9.17, 15) is 14.7 Å². The summed E-state index contributed by atoms with van der Waals surface area (Å²) in [7, 11) is 0. The number of benzene rings is 2. The summed E-state index contributed by atoms with van der Waals surface area (Å²) in [5.41, 5.74) is -0.936. The first-order valence-electron chi connectivity index (χ1n) is 10.4. The summed E-state index contributed by atoms with van der Waals surface area (Å²) in [5, 5.41) is 11.1. The molecular formula is C25H24N2O6. The first kappa shape index (κ1) is 22.7. The van der Waals surface area contributed by atoms with Gasteiger partial charge in [0.05, 0.1) is 19.8 Å². The zero-order valence-corrected chi connectivity index (χ0v) is 17.8. The summed E-state index contributed by atoms with van der Waals surface area (Å²) < 4.78 is 19.0. The second-order valence-electron chi connectivity index (χ2n) is 7.75. The molecule has 33 heavy (non-hydrogen) atoms. The van der Waals surface area contributed by atoms with Gasteiger partial charge in [-0.15, -0.1) is 6.42 Å². The van der Waals surface area contributed by atoms with Gasteiger partial charge in [-0.1, -0.05) is 66.6 Å². The van der Waals surface area contributed by atoms with Crippen LogP contribution in [0.15, 0.2) is 82.5 Å². The molecule has 1 saturated heterocycles. The Labute approximate surface area is 190 Å². The van der Waals surface area contributed by atoms with Gasteiger partial charge in [0.15, 0.2) is 11.8 Å². The molecular weight excluding hydrogens is 424 g/mol. The van der Waals surface area contributed by atoms with E-state index >= 15 is 0 Å². The molecule has 170 valence electrons. The summed E-state index contributed by atoms with van der Waals surface area (Å²) in [6.07, 6.45) is 3.66. The van der Waals surface area contributed by atoms with Crippen LogP contribution in [0.2, 0.25) is 0 Å². The molecule has 1 fully saturated rings. The van der Waals surface area contributed by atoms with Gasteiger partial charge >= 0.3 is 5.69 Å². The Morgan fingerprint density at radius 2 is 1.67 bits per heavy atom. The van der Waals surface area contributed by atoms with Gasteiger partial charge in [-0.05, 0) is 11.1 Å². The Morgan fingerprint density at radius 1 is 1.03 bits per heavy atom. The average molecular weight is 448 g/mol. The van der Waals surface area contributed by atoms with E-state index < -0.39 is 35.3 Å². The molecule has 1 aromatic heterocycles. The van der Waals surface area contributed by atoms with E-state index in [1.165, 1.54) is 12.3 Å². The molecule has 0 bridgehead atoms. The highest BCUT2D eigenvalue weighted by molar-refractivity contribution is 5.21. The molecule has 8 heteroatoms. The fourth-order valence-electron chi connectivity index (χ4n) is 3.79. The van der Waals surface area contributed by atoms with Gasteiger partial charge < -0.3 is 19.3 Å². The topological polar surface area (TPSA) is 103 Å². The van der Waals surface area contributed by atoms with Crippen LogP contribution >= 0.6 is 0 Å². The van der Waals surface area contributed by atoms with Crippen molar-refractivity contribution in [3.8, 4) is 12.3 Å². The summed E-state index contributed by atoms with van der Waals surface area (Å²) in [5.74, 6) is 2.59. The number of aliphatic hydroxyl groups is 1. The fourth-order valence-corrected chi connectivity index (χ4v) is 3.79. The lowest BCUT2D eigenvalue weighted by atomic mass is 9.96. The van der Waals surface area contributed by atoms with E-state index in [2.05, 4.69) is 10.9 Å². The Kier molecular flexibility index (Phi) is 6.87. The molecule has 0 amide bonds. The van der Waals surface area contributed by atoms with E-state index in [0.717, 1.165) is 15.7 Å². The molecule has 2 heterocycles. The number of nitrogens with one attached hydrogen (secondary N) is 1. The van der Waals surface area contributed by atoms with E-state index in [0.29, 0.717) is 0 Å². The summed E-state index contributed by atoms with van der Waals surface area (Å²) >= 11 is 0. The average Bonchev–Trinajstić information content (AvgIpc) is 3.10. The Morgan fingerprint density at radius 3 is 2.27 bits per heavy atom. The van der Waals surface area contributed by atoms with Crippen LogP contribution in [-0.2, 0) is 27.4 Å². The molecule has 0 radical (unpaired) electrons. The van der Waals surface area contributed by atoms with Gasteiger partial charge in [0.25, 0.3) is 5.56 Å². The molecule has 1 aliphatic heterocycles. The summed E-state index contributed by atoms with van der Waals surface area (Å²) in [4.78, 5) is 26.0. The molecule has 4 atom stereocenters. The molecule has 0 saturated carbocycles. The van der Waals surface area contributed by atoms with E-state index in [-0.39, 0.29) is 19.8 Å². The van der Waals surface area contributed by atoms with Gasteiger partial charge in [-0.3, -0.25) is 14.3 Å². The number of rotatable bonds is 8. The third-order valence-electron chi connectivity index (χ3n) is 5.46. The van der Waals surface area contributed by atoms with Crippen molar-refractivity contribution in [2.24, 2.45) is 0 Å². The highest BCUT2D eigenvalue weighted by Gasteiger charge is 2.56. The molecule has 1 aliphatic rings. The van der Waals surface area contributed by atoms with E-state index in [4.69, 9.17) is 20.6 Å². The van der Waals surface area contributed by atoms with Crippen LogP contribution in [0.1, 0.15) is 17.4 Å². The second kappa shape index (κ2) is 9.98. The van der Waals surface area contributed by atoms with Gasteiger partial charge in [-0.2, -0.15) is 0 Å². The number of hydrogen-bond donors (Lipinski definition) is 2. The van der Waals surface area contributed by atoms with Crippen LogP contribution < -0.4 is 11.2 Å². The molecule has 4 rings (SSSR count). The predicted octanol–water partition coefficient (Wildman–Crippen LogP) is 1.60. The molecule has 0 spiro atoms.